The third kappa shape index (κ3) is 2.62. The maximum absolute atomic E-state index is 10.1. The van der Waals surface area contributed by atoms with Gasteiger partial charge >= 0.3 is 0 Å². The third-order valence-electron chi connectivity index (χ3n) is 3.75. The Kier molecular flexibility index (Phi) is 4.19. The van der Waals surface area contributed by atoms with Crippen molar-refractivity contribution in [1.29, 1.82) is 0 Å². The molecule has 0 aliphatic carbocycles. The van der Waals surface area contributed by atoms with E-state index in [0.717, 1.165) is 0 Å². The van der Waals surface area contributed by atoms with Gasteiger partial charge in [0.05, 0.1) is 12.1 Å². The first-order valence-electron chi connectivity index (χ1n) is 6.88. The zero-order chi connectivity index (χ0) is 15.7. The van der Waals surface area contributed by atoms with Crippen LogP contribution in [0.5, 0.6) is 0 Å². The van der Waals surface area contributed by atoms with E-state index >= 15 is 0 Å². The summed E-state index contributed by atoms with van der Waals surface area (Å²) >= 11 is 0. The normalized spacial score (nSPS) is 32.1. The lowest BCUT2D eigenvalue weighted by molar-refractivity contribution is -0.245. The Morgan fingerprint density at radius 3 is 2.64 bits per heavy atom. The lowest BCUT2D eigenvalue weighted by Crippen LogP contribution is -2.61. The molecule has 8 nitrogen and oxygen atoms in total. The maximum Gasteiger partial charge on any atom is 0.178 e. The molecule has 5 unspecified atom stereocenters. The number of nitrogens with zero attached hydrogens (tertiary/aromatic N) is 2. The van der Waals surface area contributed by atoms with Crippen molar-refractivity contribution in [2.24, 2.45) is 0 Å². The van der Waals surface area contributed by atoms with Gasteiger partial charge in [0, 0.05) is 5.39 Å². The van der Waals surface area contributed by atoms with Gasteiger partial charge in [0.15, 0.2) is 6.29 Å². The molecule has 1 aliphatic heterocycles. The maximum atomic E-state index is 10.1. The fourth-order valence-electron chi connectivity index (χ4n) is 2.53. The van der Waals surface area contributed by atoms with Gasteiger partial charge in [0.25, 0.3) is 0 Å². The Morgan fingerprint density at radius 1 is 1.09 bits per heavy atom. The van der Waals surface area contributed by atoms with Crippen LogP contribution < -0.4 is 5.32 Å². The highest BCUT2D eigenvalue weighted by Crippen LogP contribution is 2.25. The van der Waals surface area contributed by atoms with Crippen LogP contribution in [0.4, 0.5) is 5.82 Å². The van der Waals surface area contributed by atoms with Crippen LogP contribution in [-0.4, -0.2) is 67.6 Å². The summed E-state index contributed by atoms with van der Waals surface area (Å²) in [6.07, 6.45) is -3.72. The summed E-state index contributed by atoms with van der Waals surface area (Å²) in [5.74, 6) is 0.409. The number of para-hydroxylation sites is 1. The summed E-state index contributed by atoms with van der Waals surface area (Å²) in [5.41, 5.74) is 0.703. The van der Waals surface area contributed by atoms with Gasteiger partial charge in [-0.2, -0.15) is 0 Å². The summed E-state index contributed by atoms with van der Waals surface area (Å²) in [6.45, 7) is -0.502. The Labute approximate surface area is 126 Å². The molecule has 0 amide bonds. The van der Waals surface area contributed by atoms with Gasteiger partial charge < -0.3 is 30.5 Å². The first-order valence-corrected chi connectivity index (χ1v) is 6.88. The molecule has 5 atom stereocenters. The summed E-state index contributed by atoms with van der Waals surface area (Å²) in [4.78, 5) is 8.23. The fourth-order valence-corrected chi connectivity index (χ4v) is 2.53. The van der Waals surface area contributed by atoms with Crippen molar-refractivity contribution in [3.63, 3.8) is 0 Å². The number of anilines is 1. The van der Waals surface area contributed by atoms with Crippen LogP contribution in [0.15, 0.2) is 30.6 Å². The van der Waals surface area contributed by atoms with Gasteiger partial charge in [0.2, 0.25) is 0 Å². The van der Waals surface area contributed by atoms with Crippen LogP contribution in [0, 0.1) is 0 Å². The van der Waals surface area contributed by atoms with Gasteiger partial charge in [-0.25, -0.2) is 9.97 Å². The van der Waals surface area contributed by atoms with Gasteiger partial charge in [-0.1, -0.05) is 12.1 Å². The average molecular weight is 307 g/mol. The average Bonchev–Trinajstić information content (AvgIpc) is 2.55. The Balaban J connectivity index is 1.88. The van der Waals surface area contributed by atoms with Crippen molar-refractivity contribution in [2.45, 2.75) is 30.6 Å². The van der Waals surface area contributed by atoms with E-state index in [9.17, 15) is 15.3 Å². The van der Waals surface area contributed by atoms with E-state index in [1.165, 1.54) is 6.33 Å². The summed E-state index contributed by atoms with van der Waals surface area (Å²) in [7, 11) is 0. The molecule has 1 aromatic heterocycles. The number of aliphatic hydroxyl groups is 4. The van der Waals surface area contributed by atoms with Crippen LogP contribution in [0.1, 0.15) is 0 Å². The van der Waals surface area contributed by atoms with Crippen molar-refractivity contribution in [3.8, 4) is 0 Å². The number of aliphatic hydroxyl groups excluding tert-OH is 4. The Morgan fingerprint density at radius 2 is 1.86 bits per heavy atom. The number of aromatic nitrogens is 2. The SMILES string of the molecule is OCC1OC(O)C(Nc2ncnc3ccccc23)C(O)C1O. The molecule has 0 bridgehead atoms. The molecular weight excluding hydrogens is 290 g/mol. The second-order valence-electron chi connectivity index (χ2n) is 5.14. The zero-order valence-electron chi connectivity index (χ0n) is 11.6. The number of rotatable bonds is 3. The number of nitrogens with one attached hydrogen (secondary N) is 1. The molecule has 0 saturated carbocycles. The van der Waals surface area contributed by atoms with Crippen molar-refractivity contribution >= 4 is 16.7 Å². The lowest BCUT2D eigenvalue weighted by Gasteiger charge is -2.40. The second-order valence-corrected chi connectivity index (χ2v) is 5.14. The molecule has 0 radical (unpaired) electrons. The van der Waals surface area contributed by atoms with Crippen molar-refractivity contribution < 1.29 is 25.2 Å². The van der Waals surface area contributed by atoms with Crippen LogP contribution in [0.3, 0.4) is 0 Å². The standard InChI is InChI=1S/C14H17N3O5/c18-5-9-11(19)12(20)10(14(21)22-9)17-13-7-3-1-2-4-8(7)15-6-16-13/h1-4,6,9-12,14,18-21H,5H2,(H,15,16,17). The van der Waals surface area contributed by atoms with Crippen LogP contribution >= 0.6 is 0 Å². The largest absolute Gasteiger partial charge is 0.394 e. The number of benzene rings is 1. The topological polar surface area (TPSA) is 128 Å². The molecule has 8 heteroatoms. The summed E-state index contributed by atoms with van der Waals surface area (Å²) < 4.78 is 5.10. The highest BCUT2D eigenvalue weighted by molar-refractivity contribution is 5.88. The van der Waals surface area contributed by atoms with Gasteiger partial charge in [-0.3, -0.25) is 0 Å². The predicted octanol–water partition coefficient (Wildman–Crippen LogP) is -1.16. The quantitative estimate of drug-likeness (QED) is 0.480. The first kappa shape index (κ1) is 15.1. The molecule has 1 aliphatic rings. The zero-order valence-corrected chi connectivity index (χ0v) is 11.6. The Bertz CT molecular complexity index is 650. The van der Waals surface area contributed by atoms with E-state index in [4.69, 9.17) is 9.84 Å². The van der Waals surface area contributed by atoms with E-state index in [1.807, 2.05) is 18.2 Å². The lowest BCUT2D eigenvalue weighted by atomic mass is 9.97. The number of hydrogen-bond donors (Lipinski definition) is 5. The highest BCUT2D eigenvalue weighted by Gasteiger charge is 2.43. The summed E-state index contributed by atoms with van der Waals surface area (Å²) in [5, 5.41) is 42.7. The van der Waals surface area contributed by atoms with Crippen LogP contribution in [-0.2, 0) is 4.74 Å². The highest BCUT2D eigenvalue weighted by atomic mass is 16.6. The van der Waals surface area contributed by atoms with E-state index in [-0.39, 0.29) is 0 Å². The molecule has 22 heavy (non-hydrogen) atoms. The molecule has 2 aromatic rings. The smallest absolute Gasteiger partial charge is 0.178 e. The third-order valence-corrected chi connectivity index (χ3v) is 3.75. The summed E-state index contributed by atoms with van der Waals surface area (Å²) in [6, 6.07) is 6.27. The van der Waals surface area contributed by atoms with E-state index < -0.39 is 37.3 Å². The molecule has 118 valence electrons. The molecule has 1 aromatic carbocycles. The van der Waals surface area contributed by atoms with Gasteiger partial charge in [0.1, 0.15) is 36.5 Å². The minimum absolute atomic E-state index is 0.409. The van der Waals surface area contributed by atoms with Gasteiger partial charge in [-0.15, -0.1) is 0 Å². The molecule has 2 heterocycles. The molecular formula is C14H17N3O5. The fraction of sp³-hybridized carbons (Fsp3) is 0.429. The van der Waals surface area contributed by atoms with Crippen molar-refractivity contribution in [2.75, 3.05) is 11.9 Å². The molecule has 1 saturated heterocycles. The minimum Gasteiger partial charge on any atom is -0.394 e. The van der Waals surface area contributed by atoms with E-state index in [1.54, 1.807) is 6.07 Å². The van der Waals surface area contributed by atoms with Gasteiger partial charge in [-0.05, 0) is 12.1 Å². The second kappa shape index (κ2) is 6.11. The Hall–Kier alpha value is -1.84. The van der Waals surface area contributed by atoms with Crippen molar-refractivity contribution in [3.05, 3.63) is 30.6 Å². The van der Waals surface area contributed by atoms with E-state index in [0.29, 0.717) is 16.7 Å². The van der Waals surface area contributed by atoms with Crippen LogP contribution in [0.25, 0.3) is 10.9 Å². The monoisotopic (exact) mass is 307 g/mol. The molecule has 1 fully saturated rings. The first-order chi connectivity index (χ1) is 10.6. The number of fused-ring (bicyclic) bond motifs is 1. The number of ether oxygens (including phenoxy) is 1. The van der Waals surface area contributed by atoms with Crippen molar-refractivity contribution in [1.82, 2.24) is 9.97 Å². The predicted molar refractivity (Wildman–Crippen MR) is 76.9 cm³/mol. The molecule has 3 rings (SSSR count). The van der Waals surface area contributed by atoms with Crippen LogP contribution in [0.2, 0.25) is 0 Å². The van der Waals surface area contributed by atoms with E-state index in [2.05, 4.69) is 15.3 Å². The number of hydrogen-bond acceptors (Lipinski definition) is 8. The molecule has 0 spiro atoms. The minimum atomic E-state index is -1.40. The molecule has 5 N–H and O–H groups in total.